The third kappa shape index (κ3) is 5.12. The molecular formula is C27H47NO7S. The normalized spacial score (nSPS) is 45.3. The van der Waals surface area contributed by atoms with E-state index in [0.717, 1.165) is 51.4 Å². The van der Waals surface area contributed by atoms with E-state index in [9.17, 15) is 23.4 Å². The average molecular weight is 530 g/mol. The molecule has 0 aliphatic heterocycles. The lowest BCUT2D eigenvalue weighted by molar-refractivity contribution is -0.203. The highest BCUT2D eigenvalue weighted by Crippen LogP contribution is 2.69. The van der Waals surface area contributed by atoms with Gasteiger partial charge in [0.15, 0.2) is 0 Å². The van der Waals surface area contributed by atoms with Gasteiger partial charge in [0.05, 0.1) is 18.8 Å². The van der Waals surface area contributed by atoms with Crippen LogP contribution >= 0.6 is 0 Å². The molecule has 0 bridgehead atoms. The maximum atomic E-state index is 12.5. The van der Waals surface area contributed by atoms with Gasteiger partial charge in [0.2, 0.25) is 5.91 Å². The first-order chi connectivity index (χ1) is 16.8. The van der Waals surface area contributed by atoms with Gasteiger partial charge in [0.1, 0.15) is 0 Å². The number of carbonyl (C=O) groups excluding carboxylic acids is 1. The summed E-state index contributed by atoms with van der Waals surface area (Å²) < 4.78 is 34.2. The number of aliphatic hydroxyl groups excluding tert-OH is 2. The average Bonchev–Trinajstić information content (AvgIpc) is 3.15. The van der Waals surface area contributed by atoms with Crippen LogP contribution in [0.2, 0.25) is 0 Å². The van der Waals surface area contributed by atoms with Gasteiger partial charge in [0.25, 0.3) is 0 Å². The topological polar surface area (TPSA) is 133 Å². The Labute approximate surface area is 216 Å². The zero-order valence-electron chi connectivity index (χ0n) is 22.4. The van der Waals surface area contributed by atoms with Crippen LogP contribution in [0.5, 0.6) is 0 Å². The molecule has 0 heterocycles. The Kier molecular flexibility index (Phi) is 8.20. The summed E-state index contributed by atoms with van der Waals surface area (Å²) in [5.74, 6) is 2.28. The summed E-state index contributed by atoms with van der Waals surface area (Å²) in [6, 6.07) is 0. The first-order valence-electron chi connectivity index (χ1n) is 14.1. The van der Waals surface area contributed by atoms with Gasteiger partial charge in [-0.05, 0) is 97.2 Å². The van der Waals surface area contributed by atoms with Crippen molar-refractivity contribution in [3.8, 4) is 0 Å². The van der Waals surface area contributed by atoms with Gasteiger partial charge in [-0.1, -0.05) is 34.1 Å². The number of hydrogen-bond acceptors (Lipinski definition) is 6. The lowest BCUT2D eigenvalue weighted by Gasteiger charge is -2.64. The van der Waals surface area contributed by atoms with Crippen LogP contribution < -0.4 is 5.32 Å². The SMILES string of the molecule is CC[C@H]1[C@@H](O)C2C3CC[C@H]([C@H](C)CC(=O)NCCOS(=O)(=O)O)[C@@]3(C)CCC2[C@@]2(C)CC[C@@H](O)C[C@@H]12. The van der Waals surface area contributed by atoms with Gasteiger partial charge >= 0.3 is 10.4 Å². The van der Waals surface area contributed by atoms with E-state index in [1.54, 1.807) is 0 Å². The van der Waals surface area contributed by atoms with Crippen LogP contribution in [-0.2, 0) is 19.4 Å². The van der Waals surface area contributed by atoms with E-state index >= 15 is 0 Å². The molecule has 0 aromatic rings. The highest BCUT2D eigenvalue weighted by Gasteiger charge is 2.64. The molecule has 4 N–H and O–H groups in total. The van der Waals surface area contributed by atoms with Crippen molar-refractivity contribution in [2.45, 2.75) is 97.7 Å². The molecule has 0 spiro atoms. The number of aliphatic hydroxyl groups is 2. The molecule has 208 valence electrons. The molecule has 11 atom stereocenters. The predicted octanol–water partition coefficient (Wildman–Crippen LogP) is 3.57. The molecule has 0 aromatic carbocycles. The minimum atomic E-state index is -4.50. The quantitative estimate of drug-likeness (QED) is 0.279. The first-order valence-corrected chi connectivity index (χ1v) is 15.4. The second kappa shape index (κ2) is 10.4. The van der Waals surface area contributed by atoms with Crippen LogP contribution in [-0.4, -0.2) is 54.5 Å². The fourth-order valence-electron chi connectivity index (χ4n) is 9.78. The summed E-state index contributed by atoms with van der Waals surface area (Å²) in [4.78, 5) is 12.5. The van der Waals surface area contributed by atoms with Crippen LogP contribution in [0.3, 0.4) is 0 Å². The molecule has 4 aliphatic rings. The largest absolute Gasteiger partial charge is 0.397 e. The number of rotatable bonds is 8. The molecule has 0 radical (unpaired) electrons. The second-order valence-electron chi connectivity index (χ2n) is 12.9. The number of amides is 1. The molecule has 0 saturated heterocycles. The molecule has 4 fully saturated rings. The van der Waals surface area contributed by atoms with Gasteiger partial charge in [-0.2, -0.15) is 8.42 Å². The maximum absolute atomic E-state index is 12.5. The van der Waals surface area contributed by atoms with Gasteiger partial charge in [-0.15, -0.1) is 0 Å². The van der Waals surface area contributed by atoms with E-state index in [0.29, 0.717) is 30.1 Å². The summed E-state index contributed by atoms with van der Waals surface area (Å²) in [5.41, 5.74) is 0.268. The van der Waals surface area contributed by atoms with E-state index in [2.05, 4.69) is 37.2 Å². The molecule has 0 aromatic heterocycles. The zero-order valence-corrected chi connectivity index (χ0v) is 23.2. The highest BCUT2D eigenvalue weighted by atomic mass is 32.3. The fourth-order valence-corrected chi connectivity index (χ4v) is 10.1. The van der Waals surface area contributed by atoms with Crippen LogP contribution in [0.15, 0.2) is 0 Å². The number of carbonyl (C=O) groups is 1. The van der Waals surface area contributed by atoms with E-state index in [1.807, 2.05) is 0 Å². The van der Waals surface area contributed by atoms with E-state index < -0.39 is 10.4 Å². The number of nitrogens with one attached hydrogen (secondary N) is 1. The van der Waals surface area contributed by atoms with Crippen LogP contribution in [0, 0.1) is 52.3 Å². The molecule has 9 heteroatoms. The smallest absolute Gasteiger partial charge is 0.393 e. The predicted molar refractivity (Wildman–Crippen MR) is 136 cm³/mol. The summed E-state index contributed by atoms with van der Waals surface area (Å²) in [5, 5.41) is 25.0. The van der Waals surface area contributed by atoms with Crippen LogP contribution in [0.4, 0.5) is 0 Å². The molecule has 4 saturated carbocycles. The van der Waals surface area contributed by atoms with E-state index in [1.165, 1.54) is 0 Å². The van der Waals surface area contributed by atoms with Crippen molar-refractivity contribution in [3.63, 3.8) is 0 Å². The molecule has 4 rings (SSSR count). The second-order valence-corrected chi connectivity index (χ2v) is 14.0. The minimum Gasteiger partial charge on any atom is -0.393 e. The minimum absolute atomic E-state index is 0.0265. The lowest BCUT2D eigenvalue weighted by Crippen LogP contribution is -2.62. The van der Waals surface area contributed by atoms with Gasteiger partial charge in [-0.3, -0.25) is 9.35 Å². The molecule has 1 amide bonds. The Morgan fingerprint density at radius 2 is 1.72 bits per heavy atom. The zero-order chi connectivity index (χ0) is 26.5. The summed E-state index contributed by atoms with van der Waals surface area (Å²) in [6.45, 7) is 8.91. The molecule has 8 nitrogen and oxygen atoms in total. The van der Waals surface area contributed by atoms with Gasteiger partial charge in [0, 0.05) is 13.0 Å². The third-order valence-corrected chi connectivity index (χ3v) is 11.8. The van der Waals surface area contributed by atoms with Crippen LogP contribution in [0.1, 0.15) is 85.5 Å². The Hall–Kier alpha value is -0.740. The molecular weight excluding hydrogens is 482 g/mol. The molecule has 3 unspecified atom stereocenters. The van der Waals surface area contributed by atoms with Crippen molar-refractivity contribution in [1.82, 2.24) is 5.32 Å². The first kappa shape index (κ1) is 28.3. The molecule has 36 heavy (non-hydrogen) atoms. The van der Waals surface area contributed by atoms with E-state index in [4.69, 9.17) is 4.55 Å². The fraction of sp³-hybridized carbons (Fsp3) is 0.963. The number of fused-ring (bicyclic) bond motifs is 5. The van der Waals surface area contributed by atoms with Crippen molar-refractivity contribution in [2.75, 3.05) is 13.2 Å². The summed E-state index contributed by atoms with van der Waals surface area (Å²) in [6.07, 6.45) is 7.87. The standard InChI is InChI=1S/C27H47NO7S/c1-5-18-22-15-17(29)8-10-27(22,4)21-9-11-26(3)19(6-7-20(26)24(21)25(18)31)16(2)14-23(30)28-12-13-35-36(32,33)34/h16-22,24-25,29,31H,5-15H2,1-4H3,(H,28,30)(H,32,33,34)/t16-,17-,18-,19-,20?,21?,22+,24?,25-,26-,27-/m1/s1. The highest BCUT2D eigenvalue weighted by molar-refractivity contribution is 7.80. The van der Waals surface area contributed by atoms with Crippen molar-refractivity contribution < 1.29 is 32.2 Å². The Bertz CT molecular complexity index is 912. The Morgan fingerprint density at radius 1 is 1.06 bits per heavy atom. The number of hydrogen-bond donors (Lipinski definition) is 4. The Morgan fingerprint density at radius 3 is 2.39 bits per heavy atom. The van der Waals surface area contributed by atoms with Crippen molar-refractivity contribution in [1.29, 1.82) is 0 Å². The van der Waals surface area contributed by atoms with Crippen molar-refractivity contribution in [3.05, 3.63) is 0 Å². The van der Waals surface area contributed by atoms with Gasteiger partial charge in [-0.25, -0.2) is 4.18 Å². The monoisotopic (exact) mass is 529 g/mol. The van der Waals surface area contributed by atoms with Crippen molar-refractivity contribution >= 4 is 16.3 Å². The maximum Gasteiger partial charge on any atom is 0.397 e. The summed E-state index contributed by atoms with van der Waals surface area (Å²) >= 11 is 0. The van der Waals surface area contributed by atoms with E-state index in [-0.39, 0.29) is 59.9 Å². The van der Waals surface area contributed by atoms with Gasteiger partial charge < -0.3 is 15.5 Å². The third-order valence-electron chi connectivity index (χ3n) is 11.3. The lowest BCUT2D eigenvalue weighted by atomic mass is 9.41. The van der Waals surface area contributed by atoms with Crippen molar-refractivity contribution in [2.24, 2.45) is 52.3 Å². The Balaban J connectivity index is 1.45. The summed E-state index contributed by atoms with van der Waals surface area (Å²) in [7, 11) is -4.50. The van der Waals surface area contributed by atoms with Crippen LogP contribution in [0.25, 0.3) is 0 Å². The molecule has 4 aliphatic carbocycles.